The van der Waals surface area contributed by atoms with Crippen LogP contribution in [-0.2, 0) is 13.6 Å². The Kier molecular flexibility index (Phi) is 4.37. The Labute approximate surface area is 118 Å². The molecular weight excluding hydrogens is 254 g/mol. The monoisotopic (exact) mass is 273 g/mol. The van der Waals surface area contributed by atoms with Crippen molar-refractivity contribution in [1.82, 2.24) is 15.1 Å². The fourth-order valence-electron chi connectivity index (χ4n) is 1.95. The van der Waals surface area contributed by atoms with Crippen molar-refractivity contribution < 1.29 is 4.79 Å². The molecule has 2 rings (SSSR count). The number of primary amides is 1. The van der Waals surface area contributed by atoms with Gasteiger partial charge in [-0.1, -0.05) is 12.1 Å². The van der Waals surface area contributed by atoms with Gasteiger partial charge in [-0.3, -0.25) is 4.68 Å². The van der Waals surface area contributed by atoms with E-state index in [0.717, 1.165) is 17.7 Å². The number of benzene rings is 1. The Bertz CT molecular complexity index is 576. The fourth-order valence-corrected chi connectivity index (χ4v) is 1.95. The second-order valence-corrected chi connectivity index (χ2v) is 4.74. The molecule has 0 aliphatic carbocycles. The molecule has 6 heteroatoms. The van der Waals surface area contributed by atoms with Crippen molar-refractivity contribution in [2.45, 2.75) is 19.5 Å². The molecule has 0 spiro atoms. The van der Waals surface area contributed by atoms with Crippen LogP contribution in [0.25, 0.3) is 0 Å². The van der Waals surface area contributed by atoms with Crippen LogP contribution in [0, 0.1) is 0 Å². The van der Waals surface area contributed by atoms with E-state index in [9.17, 15) is 4.79 Å². The smallest absolute Gasteiger partial charge is 0.316 e. The minimum absolute atomic E-state index is 0.206. The van der Waals surface area contributed by atoms with E-state index in [0.29, 0.717) is 5.69 Å². The summed E-state index contributed by atoms with van der Waals surface area (Å²) < 4.78 is 1.78. The predicted molar refractivity (Wildman–Crippen MR) is 78.1 cm³/mol. The summed E-state index contributed by atoms with van der Waals surface area (Å²) in [5.74, 6) is 0. The number of nitrogens with one attached hydrogen (secondary N) is 2. The SMILES string of the molecule is CC(NCc1cnn(C)c1)c1ccc(NC(N)=O)cc1. The van der Waals surface area contributed by atoms with Crippen molar-refractivity contribution in [3.63, 3.8) is 0 Å². The number of nitrogens with zero attached hydrogens (tertiary/aromatic N) is 2. The average molecular weight is 273 g/mol. The van der Waals surface area contributed by atoms with Gasteiger partial charge in [-0.25, -0.2) is 4.79 Å². The fraction of sp³-hybridized carbons (Fsp3) is 0.286. The Morgan fingerprint density at radius 2 is 2.10 bits per heavy atom. The lowest BCUT2D eigenvalue weighted by atomic mass is 10.1. The number of hydrogen-bond acceptors (Lipinski definition) is 3. The molecule has 0 aliphatic rings. The molecule has 1 heterocycles. The van der Waals surface area contributed by atoms with E-state index in [4.69, 9.17) is 5.73 Å². The number of aromatic nitrogens is 2. The first-order valence-corrected chi connectivity index (χ1v) is 6.42. The third-order valence-corrected chi connectivity index (χ3v) is 3.05. The van der Waals surface area contributed by atoms with Gasteiger partial charge in [-0.15, -0.1) is 0 Å². The number of aryl methyl sites for hydroxylation is 1. The standard InChI is InChI=1S/C14H19N5O/c1-10(16-7-11-8-17-19(2)9-11)12-3-5-13(6-4-12)18-14(15)20/h3-6,8-10,16H,7H2,1-2H3,(H3,15,18,20). The normalized spacial score (nSPS) is 12.1. The van der Waals surface area contributed by atoms with E-state index in [1.54, 1.807) is 4.68 Å². The Morgan fingerprint density at radius 1 is 1.40 bits per heavy atom. The molecular formula is C14H19N5O. The van der Waals surface area contributed by atoms with Crippen LogP contribution in [0.4, 0.5) is 10.5 Å². The lowest BCUT2D eigenvalue weighted by Gasteiger charge is -2.14. The molecule has 0 aliphatic heterocycles. The van der Waals surface area contributed by atoms with Crippen molar-refractivity contribution >= 4 is 11.7 Å². The molecule has 0 fully saturated rings. The van der Waals surface area contributed by atoms with Crippen molar-refractivity contribution in [3.8, 4) is 0 Å². The van der Waals surface area contributed by atoms with Crippen molar-refractivity contribution in [2.24, 2.45) is 12.8 Å². The van der Waals surface area contributed by atoms with Crippen LogP contribution in [0.5, 0.6) is 0 Å². The number of rotatable bonds is 5. The Hall–Kier alpha value is -2.34. The van der Waals surface area contributed by atoms with Crippen molar-refractivity contribution in [3.05, 3.63) is 47.8 Å². The minimum atomic E-state index is -0.555. The highest BCUT2D eigenvalue weighted by Gasteiger charge is 2.06. The molecule has 2 amide bonds. The van der Waals surface area contributed by atoms with E-state index in [-0.39, 0.29) is 6.04 Å². The molecule has 0 saturated carbocycles. The van der Waals surface area contributed by atoms with E-state index < -0.39 is 6.03 Å². The molecule has 6 nitrogen and oxygen atoms in total. The molecule has 1 unspecified atom stereocenters. The van der Waals surface area contributed by atoms with Crippen LogP contribution in [-0.4, -0.2) is 15.8 Å². The highest BCUT2D eigenvalue weighted by Crippen LogP contribution is 2.16. The zero-order chi connectivity index (χ0) is 14.5. The van der Waals surface area contributed by atoms with Gasteiger partial charge in [-0.2, -0.15) is 5.10 Å². The average Bonchev–Trinajstić information content (AvgIpc) is 2.82. The number of amides is 2. The maximum atomic E-state index is 10.7. The molecule has 1 atom stereocenters. The summed E-state index contributed by atoms with van der Waals surface area (Å²) in [5.41, 5.74) is 8.05. The first kappa shape index (κ1) is 14.1. The zero-order valence-corrected chi connectivity index (χ0v) is 11.6. The van der Waals surface area contributed by atoms with Gasteiger partial charge in [0, 0.05) is 37.1 Å². The number of carbonyl (C=O) groups is 1. The third-order valence-electron chi connectivity index (χ3n) is 3.05. The summed E-state index contributed by atoms with van der Waals surface area (Å²) in [5, 5.41) is 10.1. The van der Waals surface area contributed by atoms with Crippen LogP contribution in [0.2, 0.25) is 0 Å². The zero-order valence-electron chi connectivity index (χ0n) is 11.6. The van der Waals surface area contributed by atoms with Crippen molar-refractivity contribution in [2.75, 3.05) is 5.32 Å². The first-order chi connectivity index (χ1) is 9.54. The molecule has 4 N–H and O–H groups in total. The van der Waals surface area contributed by atoms with E-state index in [1.807, 2.05) is 43.7 Å². The van der Waals surface area contributed by atoms with Gasteiger partial charge in [0.25, 0.3) is 0 Å². The molecule has 0 bridgehead atoms. The summed E-state index contributed by atoms with van der Waals surface area (Å²) in [6.45, 7) is 2.85. The van der Waals surface area contributed by atoms with Gasteiger partial charge < -0.3 is 16.4 Å². The maximum Gasteiger partial charge on any atom is 0.316 e. The van der Waals surface area contributed by atoms with Crippen molar-refractivity contribution in [1.29, 1.82) is 0 Å². The van der Waals surface area contributed by atoms with Gasteiger partial charge in [0.2, 0.25) is 0 Å². The second-order valence-electron chi connectivity index (χ2n) is 4.74. The topological polar surface area (TPSA) is 85.0 Å². The van der Waals surface area contributed by atoms with Crippen LogP contribution < -0.4 is 16.4 Å². The van der Waals surface area contributed by atoms with E-state index in [2.05, 4.69) is 22.7 Å². The summed E-state index contributed by atoms with van der Waals surface area (Å²) in [7, 11) is 1.90. The highest BCUT2D eigenvalue weighted by molar-refractivity contribution is 5.87. The minimum Gasteiger partial charge on any atom is -0.351 e. The van der Waals surface area contributed by atoms with Crippen LogP contribution in [0.1, 0.15) is 24.1 Å². The number of carbonyl (C=O) groups excluding carboxylic acids is 1. The molecule has 106 valence electrons. The van der Waals surface area contributed by atoms with E-state index in [1.165, 1.54) is 0 Å². The van der Waals surface area contributed by atoms with Gasteiger partial charge in [-0.05, 0) is 24.6 Å². The number of urea groups is 1. The number of nitrogens with two attached hydrogens (primary N) is 1. The Morgan fingerprint density at radius 3 is 2.65 bits per heavy atom. The lowest BCUT2D eigenvalue weighted by molar-refractivity contribution is 0.259. The summed E-state index contributed by atoms with van der Waals surface area (Å²) in [6, 6.07) is 7.25. The van der Waals surface area contributed by atoms with Gasteiger partial charge in [0.1, 0.15) is 0 Å². The number of hydrogen-bond donors (Lipinski definition) is 3. The molecule has 2 aromatic rings. The molecule has 20 heavy (non-hydrogen) atoms. The molecule has 1 aromatic carbocycles. The highest BCUT2D eigenvalue weighted by atomic mass is 16.2. The number of anilines is 1. The quantitative estimate of drug-likeness (QED) is 0.776. The lowest BCUT2D eigenvalue weighted by Crippen LogP contribution is -2.20. The first-order valence-electron chi connectivity index (χ1n) is 6.42. The van der Waals surface area contributed by atoms with Crippen LogP contribution in [0.15, 0.2) is 36.7 Å². The maximum absolute atomic E-state index is 10.7. The summed E-state index contributed by atoms with van der Waals surface area (Å²) in [6.07, 6.45) is 3.83. The van der Waals surface area contributed by atoms with Gasteiger partial charge in [0.05, 0.1) is 6.20 Å². The molecule has 0 saturated heterocycles. The predicted octanol–water partition coefficient (Wildman–Crippen LogP) is 1.76. The van der Waals surface area contributed by atoms with Gasteiger partial charge >= 0.3 is 6.03 Å². The second kappa shape index (κ2) is 6.21. The van der Waals surface area contributed by atoms with Crippen LogP contribution in [0.3, 0.4) is 0 Å². The third kappa shape index (κ3) is 3.83. The largest absolute Gasteiger partial charge is 0.351 e. The van der Waals surface area contributed by atoms with E-state index >= 15 is 0 Å². The Balaban J connectivity index is 1.91. The summed E-state index contributed by atoms with van der Waals surface area (Å²) in [4.78, 5) is 10.7. The molecule has 0 radical (unpaired) electrons. The van der Waals surface area contributed by atoms with Crippen LogP contribution >= 0.6 is 0 Å². The molecule has 1 aromatic heterocycles. The summed E-state index contributed by atoms with van der Waals surface area (Å²) >= 11 is 0. The van der Waals surface area contributed by atoms with Gasteiger partial charge in [0.15, 0.2) is 0 Å².